The number of hydrogen-bond donors (Lipinski definition) is 1. The van der Waals surface area contributed by atoms with Crippen LogP contribution in [0.2, 0.25) is 5.02 Å². The second-order valence-corrected chi connectivity index (χ2v) is 3.10. The second-order valence-electron chi connectivity index (χ2n) is 2.69. The minimum atomic E-state index is -0.532. The standard InChI is InChI=1S/C10H12ClNO3/c1-3-15-9-5-4-7(6-8(9)11)12-10(13)14-2/h4-6H,3H2,1-2H3,(H,12,13). The van der Waals surface area contributed by atoms with Crippen LogP contribution in [0, 0.1) is 0 Å². The first kappa shape index (κ1) is 11.7. The van der Waals surface area contributed by atoms with Gasteiger partial charge in [0.2, 0.25) is 0 Å². The van der Waals surface area contributed by atoms with E-state index in [0.717, 1.165) is 0 Å². The maximum atomic E-state index is 10.9. The van der Waals surface area contributed by atoms with E-state index >= 15 is 0 Å². The van der Waals surface area contributed by atoms with Gasteiger partial charge in [-0.2, -0.15) is 0 Å². The fraction of sp³-hybridized carbons (Fsp3) is 0.300. The largest absolute Gasteiger partial charge is 0.492 e. The molecule has 0 saturated heterocycles. The Hall–Kier alpha value is -1.42. The molecule has 0 fully saturated rings. The maximum absolute atomic E-state index is 10.9. The van der Waals surface area contributed by atoms with Gasteiger partial charge in [0, 0.05) is 5.69 Å². The molecule has 0 aromatic heterocycles. The SMILES string of the molecule is CCOc1ccc(NC(=O)OC)cc1Cl. The number of benzene rings is 1. The summed E-state index contributed by atoms with van der Waals surface area (Å²) in [5.74, 6) is 0.592. The van der Waals surface area contributed by atoms with Crippen LogP contribution >= 0.6 is 11.6 Å². The topological polar surface area (TPSA) is 47.6 Å². The molecule has 5 heteroatoms. The quantitative estimate of drug-likeness (QED) is 0.867. The van der Waals surface area contributed by atoms with Crippen LogP contribution in [0.25, 0.3) is 0 Å². The number of hydrogen-bond acceptors (Lipinski definition) is 3. The van der Waals surface area contributed by atoms with Gasteiger partial charge in [0.1, 0.15) is 5.75 Å². The third-order valence-corrected chi connectivity index (χ3v) is 1.96. The number of ether oxygens (including phenoxy) is 2. The van der Waals surface area contributed by atoms with Crippen LogP contribution in [0.4, 0.5) is 10.5 Å². The van der Waals surface area contributed by atoms with Crippen molar-refractivity contribution in [2.75, 3.05) is 19.0 Å². The fourth-order valence-corrected chi connectivity index (χ4v) is 1.26. The number of anilines is 1. The lowest BCUT2D eigenvalue weighted by Crippen LogP contribution is -2.10. The van der Waals surface area contributed by atoms with E-state index in [9.17, 15) is 4.79 Å². The summed E-state index contributed by atoms with van der Waals surface area (Å²) in [4.78, 5) is 10.9. The molecule has 0 bridgehead atoms. The summed E-state index contributed by atoms with van der Waals surface area (Å²) < 4.78 is 9.69. The summed E-state index contributed by atoms with van der Waals surface area (Å²) in [5, 5.41) is 2.95. The highest BCUT2D eigenvalue weighted by atomic mass is 35.5. The fourth-order valence-electron chi connectivity index (χ4n) is 1.02. The molecule has 15 heavy (non-hydrogen) atoms. The summed E-state index contributed by atoms with van der Waals surface area (Å²) >= 11 is 5.92. The van der Waals surface area contributed by atoms with Crippen LogP contribution < -0.4 is 10.1 Å². The Bertz CT molecular complexity index is 355. The molecule has 1 N–H and O–H groups in total. The van der Waals surface area contributed by atoms with Crippen LogP contribution in [0.5, 0.6) is 5.75 Å². The molecule has 0 aliphatic heterocycles. The van der Waals surface area contributed by atoms with E-state index < -0.39 is 6.09 Å². The van der Waals surface area contributed by atoms with Crippen LogP contribution in [0.1, 0.15) is 6.92 Å². The summed E-state index contributed by atoms with van der Waals surface area (Å²) in [6.07, 6.45) is -0.532. The highest BCUT2D eigenvalue weighted by Crippen LogP contribution is 2.27. The van der Waals surface area contributed by atoms with Gasteiger partial charge in [-0.05, 0) is 25.1 Å². The average molecular weight is 230 g/mol. The second kappa shape index (κ2) is 5.46. The van der Waals surface area contributed by atoms with Crippen LogP contribution in [0.3, 0.4) is 0 Å². The zero-order valence-electron chi connectivity index (χ0n) is 8.54. The first-order chi connectivity index (χ1) is 7.17. The van der Waals surface area contributed by atoms with Gasteiger partial charge < -0.3 is 9.47 Å². The minimum Gasteiger partial charge on any atom is -0.492 e. The molecular weight excluding hydrogens is 218 g/mol. The zero-order valence-corrected chi connectivity index (χ0v) is 9.30. The predicted octanol–water partition coefficient (Wildman–Crippen LogP) is 2.92. The number of carbonyl (C=O) groups excluding carboxylic acids is 1. The third kappa shape index (κ3) is 3.32. The lowest BCUT2D eigenvalue weighted by atomic mass is 10.3. The molecule has 0 aliphatic carbocycles. The molecule has 0 aliphatic rings. The molecular formula is C10H12ClNO3. The molecule has 0 radical (unpaired) electrons. The molecule has 0 saturated carbocycles. The first-order valence-corrected chi connectivity index (χ1v) is 4.82. The average Bonchev–Trinajstić information content (AvgIpc) is 2.22. The Kier molecular flexibility index (Phi) is 4.24. The first-order valence-electron chi connectivity index (χ1n) is 4.44. The Morgan fingerprint density at radius 3 is 2.80 bits per heavy atom. The Balaban J connectivity index is 2.77. The predicted molar refractivity (Wildman–Crippen MR) is 58.6 cm³/mol. The van der Waals surface area contributed by atoms with Crippen molar-refractivity contribution in [2.45, 2.75) is 6.92 Å². The minimum absolute atomic E-state index is 0.450. The number of halogens is 1. The van der Waals surface area contributed by atoms with E-state index in [2.05, 4.69) is 10.1 Å². The number of rotatable bonds is 3. The Morgan fingerprint density at radius 1 is 1.53 bits per heavy atom. The number of methoxy groups -OCH3 is 1. The summed E-state index contributed by atoms with van der Waals surface area (Å²) in [5.41, 5.74) is 0.565. The highest BCUT2D eigenvalue weighted by molar-refractivity contribution is 6.32. The van der Waals surface area contributed by atoms with Gasteiger partial charge in [-0.25, -0.2) is 4.79 Å². The van der Waals surface area contributed by atoms with E-state index in [1.807, 2.05) is 6.92 Å². The van der Waals surface area contributed by atoms with Crippen molar-refractivity contribution in [2.24, 2.45) is 0 Å². The zero-order chi connectivity index (χ0) is 11.3. The molecule has 4 nitrogen and oxygen atoms in total. The molecule has 1 aromatic rings. The molecule has 1 amide bonds. The maximum Gasteiger partial charge on any atom is 0.411 e. The van der Waals surface area contributed by atoms with Crippen molar-refractivity contribution in [1.82, 2.24) is 0 Å². The Labute approximate surface area is 93.1 Å². The molecule has 0 spiro atoms. The molecule has 82 valence electrons. The van der Waals surface area contributed by atoms with Crippen molar-refractivity contribution in [1.29, 1.82) is 0 Å². The van der Waals surface area contributed by atoms with Crippen molar-refractivity contribution in [3.8, 4) is 5.75 Å². The molecule has 1 rings (SSSR count). The van der Waals surface area contributed by atoms with Crippen molar-refractivity contribution in [3.05, 3.63) is 23.2 Å². The molecule has 0 atom stereocenters. The van der Waals surface area contributed by atoms with Gasteiger partial charge in [0.25, 0.3) is 0 Å². The highest BCUT2D eigenvalue weighted by Gasteiger charge is 2.05. The lowest BCUT2D eigenvalue weighted by molar-refractivity contribution is 0.187. The van der Waals surface area contributed by atoms with Gasteiger partial charge in [-0.15, -0.1) is 0 Å². The monoisotopic (exact) mass is 229 g/mol. The van der Waals surface area contributed by atoms with E-state index in [-0.39, 0.29) is 0 Å². The molecule has 0 unspecified atom stereocenters. The van der Waals surface area contributed by atoms with Crippen molar-refractivity contribution < 1.29 is 14.3 Å². The van der Waals surface area contributed by atoms with Crippen molar-refractivity contribution in [3.63, 3.8) is 0 Å². The van der Waals surface area contributed by atoms with Gasteiger partial charge in [0.15, 0.2) is 0 Å². The van der Waals surface area contributed by atoms with E-state index in [4.69, 9.17) is 16.3 Å². The number of carbonyl (C=O) groups is 1. The van der Waals surface area contributed by atoms with Crippen LogP contribution in [-0.2, 0) is 4.74 Å². The molecule has 0 heterocycles. The van der Waals surface area contributed by atoms with Crippen molar-refractivity contribution >= 4 is 23.4 Å². The summed E-state index contributed by atoms with van der Waals surface area (Å²) in [6, 6.07) is 4.98. The van der Waals surface area contributed by atoms with Crippen LogP contribution in [0.15, 0.2) is 18.2 Å². The van der Waals surface area contributed by atoms with E-state index in [1.54, 1.807) is 18.2 Å². The lowest BCUT2D eigenvalue weighted by Gasteiger charge is -2.08. The van der Waals surface area contributed by atoms with Gasteiger partial charge in [0.05, 0.1) is 18.7 Å². The third-order valence-electron chi connectivity index (χ3n) is 1.66. The van der Waals surface area contributed by atoms with Crippen LogP contribution in [-0.4, -0.2) is 19.8 Å². The van der Waals surface area contributed by atoms with E-state index in [0.29, 0.717) is 23.1 Å². The summed E-state index contributed by atoms with van der Waals surface area (Å²) in [6.45, 7) is 2.42. The smallest absolute Gasteiger partial charge is 0.411 e. The van der Waals surface area contributed by atoms with E-state index in [1.165, 1.54) is 7.11 Å². The Morgan fingerprint density at radius 2 is 2.27 bits per heavy atom. The summed E-state index contributed by atoms with van der Waals surface area (Å²) in [7, 11) is 1.30. The van der Waals surface area contributed by atoms with Gasteiger partial charge in [-0.1, -0.05) is 11.6 Å². The normalized spacial score (nSPS) is 9.53. The van der Waals surface area contributed by atoms with Gasteiger partial charge >= 0.3 is 6.09 Å². The molecule has 1 aromatic carbocycles. The number of nitrogens with one attached hydrogen (secondary N) is 1. The van der Waals surface area contributed by atoms with Gasteiger partial charge in [-0.3, -0.25) is 5.32 Å². The number of amides is 1.